The number of carbonyl (C=O) groups is 2. The van der Waals surface area contributed by atoms with Gasteiger partial charge in [0.25, 0.3) is 0 Å². The summed E-state index contributed by atoms with van der Waals surface area (Å²) in [6, 6.07) is 0.145. The Hall–Kier alpha value is -0.900. The van der Waals surface area contributed by atoms with E-state index >= 15 is 0 Å². The van der Waals surface area contributed by atoms with Crippen molar-refractivity contribution in [1.82, 2.24) is 10.2 Å². The van der Waals surface area contributed by atoms with Crippen molar-refractivity contribution in [1.29, 1.82) is 0 Å². The highest BCUT2D eigenvalue weighted by molar-refractivity contribution is 5.98. The van der Waals surface area contributed by atoms with Gasteiger partial charge in [0.2, 0.25) is 11.8 Å². The second-order valence-electron chi connectivity index (χ2n) is 6.04. The van der Waals surface area contributed by atoms with Gasteiger partial charge in [-0.25, -0.2) is 0 Å². The van der Waals surface area contributed by atoms with E-state index in [0.717, 1.165) is 32.4 Å². The molecule has 102 valence electrons. The number of hydrogen-bond donors (Lipinski definition) is 1. The van der Waals surface area contributed by atoms with Crippen LogP contribution in [0.1, 0.15) is 46.0 Å². The largest absolute Gasteiger partial charge is 0.317 e. The molecule has 2 aliphatic rings. The van der Waals surface area contributed by atoms with Crippen molar-refractivity contribution in [2.75, 3.05) is 13.1 Å². The fourth-order valence-corrected chi connectivity index (χ4v) is 3.21. The number of imide groups is 1. The van der Waals surface area contributed by atoms with Crippen LogP contribution in [0.15, 0.2) is 0 Å². The third kappa shape index (κ3) is 3.10. The maximum absolute atomic E-state index is 12.2. The highest BCUT2D eigenvalue weighted by Crippen LogP contribution is 2.28. The average molecular weight is 252 g/mol. The van der Waals surface area contributed by atoms with Crippen LogP contribution in [0.2, 0.25) is 0 Å². The van der Waals surface area contributed by atoms with Gasteiger partial charge in [-0.2, -0.15) is 0 Å². The van der Waals surface area contributed by atoms with Crippen molar-refractivity contribution in [3.05, 3.63) is 0 Å². The molecule has 2 aliphatic heterocycles. The van der Waals surface area contributed by atoms with Gasteiger partial charge in [-0.15, -0.1) is 0 Å². The van der Waals surface area contributed by atoms with Crippen molar-refractivity contribution in [3.63, 3.8) is 0 Å². The van der Waals surface area contributed by atoms with Gasteiger partial charge < -0.3 is 5.32 Å². The lowest BCUT2D eigenvalue weighted by molar-refractivity contribution is -0.153. The molecular weight excluding hydrogens is 228 g/mol. The highest BCUT2D eigenvalue weighted by atomic mass is 16.2. The normalized spacial score (nSPS) is 24.1. The van der Waals surface area contributed by atoms with Gasteiger partial charge in [-0.1, -0.05) is 13.8 Å². The molecular formula is C14H24N2O2. The van der Waals surface area contributed by atoms with Crippen LogP contribution in [-0.2, 0) is 9.59 Å². The number of likely N-dealkylation sites (tertiary alicyclic amines) is 1. The molecule has 0 aromatic heterocycles. The molecule has 0 aromatic carbocycles. The second kappa shape index (κ2) is 5.83. The molecule has 1 N–H and O–H groups in total. The van der Waals surface area contributed by atoms with E-state index in [1.54, 1.807) is 4.90 Å². The van der Waals surface area contributed by atoms with Crippen molar-refractivity contribution in [3.8, 4) is 0 Å². The smallest absolute Gasteiger partial charge is 0.229 e. The molecule has 0 spiro atoms. The molecule has 2 amide bonds. The van der Waals surface area contributed by atoms with Crippen LogP contribution in [0.3, 0.4) is 0 Å². The van der Waals surface area contributed by atoms with E-state index in [1.165, 1.54) is 0 Å². The van der Waals surface area contributed by atoms with Gasteiger partial charge in [0.15, 0.2) is 0 Å². The summed E-state index contributed by atoms with van der Waals surface area (Å²) in [5, 5.41) is 3.27. The quantitative estimate of drug-likeness (QED) is 0.775. The van der Waals surface area contributed by atoms with E-state index in [1.807, 2.05) is 0 Å². The molecule has 18 heavy (non-hydrogen) atoms. The summed E-state index contributed by atoms with van der Waals surface area (Å²) in [6.45, 7) is 6.12. The molecule has 0 bridgehead atoms. The summed E-state index contributed by atoms with van der Waals surface area (Å²) >= 11 is 0. The third-order valence-electron chi connectivity index (χ3n) is 3.94. The summed E-state index contributed by atoms with van der Waals surface area (Å²) < 4.78 is 0. The number of carbonyl (C=O) groups excluding carboxylic acids is 2. The van der Waals surface area contributed by atoms with Gasteiger partial charge in [0.05, 0.1) is 0 Å². The van der Waals surface area contributed by atoms with Crippen LogP contribution in [0.25, 0.3) is 0 Å². The van der Waals surface area contributed by atoms with Crippen LogP contribution in [0.5, 0.6) is 0 Å². The Morgan fingerprint density at radius 2 is 1.72 bits per heavy atom. The Labute approximate surface area is 109 Å². The number of piperidine rings is 2. The minimum absolute atomic E-state index is 0.0591. The number of hydrogen-bond acceptors (Lipinski definition) is 3. The minimum atomic E-state index is 0.0591. The van der Waals surface area contributed by atoms with Crippen LogP contribution < -0.4 is 5.32 Å². The number of nitrogens with zero attached hydrogens (tertiary/aromatic N) is 1. The maximum atomic E-state index is 12.2. The molecule has 2 rings (SSSR count). The fourth-order valence-electron chi connectivity index (χ4n) is 3.21. The Balaban J connectivity index is 1.97. The summed E-state index contributed by atoms with van der Waals surface area (Å²) in [4.78, 5) is 25.9. The van der Waals surface area contributed by atoms with E-state index in [-0.39, 0.29) is 23.8 Å². The van der Waals surface area contributed by atoms with Crippen molar-refractivity contribution in [2.24, 2.45) is 11.8 Å². The van der Waals surface area contributed by atoms with E-state index in [4.69, 9.17) is 0 Å². The molecule has 2 fully saturated rings. The van der Waals surface area contributed by atoms with Crippen molar-refractivity contribution >= 4 is 11.8 Å². The molecule has 0 atom stereocenters. The zero-order chi connectivity index (χ0) is 13.1. The minimum Gasteiger partial charge on any atom is -0.317 e. The van der Waals surface area contributed by atoms with E-state index in [2.05, 4.69) is 19.2 Å². The van der Waals surface area contributed by atoms with Crippen molar-refractivity contribution in [2.45, 2.75) is 52.0 Å². The predicted molar refractivity (Wildman–Crippen MR) is 69.9 cm³/mol. The Morgan fingerprint density at radius 3 is 2.22 bits per heavy atom. The van der Waals surface area contributed by atoms with Gasteiger partial charge in [0.1, 0.15) is 0 Å². The third-order valence-corrected chi connectivity index (χ3v) is 3.94. The standard InChI is InChI=1S/C14H24N2O2/c1-10(2)7-11-8-13(17)16(14(18)9-11)12-3-5-15-6-4-12/h10-12,15H,3-9H2,1-2H3. The summed E-state index contributed by atoms with van der Waals surface area (Å²) in [7, 11) is 0. The van der Waals surface area contributed by atoms with E-state index < -0.39 is 0 Å². The molecule has 4 heteroatoms. The lowest BCUT2D eigenvalue weighted by atomic mass is 9.86. The summed E-state index contributed by atoms with van der Waals surface area (Å²) in [6.07, 6.45) is 3.93. The predicted octanol–water partition coefficient (Wildman–Crippen LogP) is 1.55. The second-order valence-corrected chi connectivity index (χ2v) is 6.04. The van der Waals surface area contributed by atoms with Gasteiger partial charge in [-0.05, 0) is 44.2 Å². The number of rotatable bonds is 3. The number of nitrogens with one attached hydrogen (secondary N) is 1. The first kappa shape index (κ1) is 13.5. The number of amides is 2. The average Bonchev–Trinajstić information content (AvgIpc) is 2.28. The first-order valence-corrected chi connectivity index (χ1v) is 7.13. The first-order valence-electron chi connectivity index (χ1n) is 7.13. The zero-order valence-electron chi connectivity index (χ0n) is 11.4. The molecule has 0 aromatic rings. The molecule has 0 aliphatic carbocycles. The summed E-state index contributed by atoms with van der Waals surface area (Å²) in [5.74, 6) is 0.941. The van der Waals surface area contributed by atoms with Crippen LogP contribution >= 0.6 is 0 Å². The van der Waals surface area contributed by atoms with Gasteiger partial charge in [-0.3, -0.25) is 14.5 Å². The maximum Gasteiger partial charge on any atom is 0.229 e. The lowest BCUT2D eigenvalue weighted by Crippen LogP contribution is -2.52. The topological polar surface area (TPSA) is 49.4 Å². The Bertz CT molecular complexity index is 304. The van der Waals surface area contributed by atoms with Crippen LogP contribution in [-0.4, -0.2) is 35.8 Å². The molecule has 4 nitrogen and oxygen atoms in total. The zero-order valence-corrected chi connectivity index (χ0v) is 11.4. The highest BCUT2D eigenvalue weighted by Gasteiger charge is 2.37. The SMILES string of the molecule is CC(C)CC1CC(=O)N(C2CCNCC2)C(=O)C1. The molecule has 0 saturated carbocycles. The molecule has 2 saturated heterocycles. The van der Waals surface area contributed by atoms with Crippen LogP contribution in [0, 0.1) is 11.8 Å². The fraction of sp³-hybridized carbons (Fsp3) is 0.857. The monoisotopic (exact) mass is 252 g/mol. The molecule has 0 unspecified atom stereocenters. The van der Waals surface area contributed by atoms with Gasteiger partial charge >= 0.3 is 0 Å². The first-order chi connectivity index (χ1) is 8.58. The van der Waals surface area contributed by atoms with Crippen molar-refractivity contribution < 1.29 is 9.59 Å². The van der Waals surface area contributed by atoms with Crippen LogP contribution in [0.4, 0.5) is 0 Å². The summed E-state index contributed by atoms with van der Waals surface area (Å²) in [5.41, 5.74) is 0. The lowest BCUT2D eigenvalue weighted by Gasteiger charge is -2.38. The Morgan fingerprint density at radius 1 is 1.17 bits per heavy atom. The molecule has 2 heterocycles. The van der Waals surface area contributed by atoms with Gasteiger partial charge in [0, 0.05) is 18.9 Å². The molecule has 0 radical (unpaired) electrons. The Kier molecular flexibility index (Phi) is 4.38. The van der Waals surface area contributed by atoms with E-state index in [9.17, 15) is 9.59 Å². The van der Waals surface area contributed by atoms with E-state index in [0.29, 0.717) is 18.8 Å².